The second-order valence-corrected chi connectivity index (χ2v) is 5.00. The molecule has 0 aromatic carbocycles. The van der Waals surface area contributed by atoms with Crippen molar-refractivity contribution in [1.29, 1.82) is 0 Å². The lowest BCUT2D eigenvalue weighted by Crippen LogP contribution is -2.14. The van der Waals surface area contributed by atoms with Crippen LogP contribution in [0.25, 0.3) is 0 Å². The molecule has 0 atom stereocenters. The largest absolute Gasteiger partial charge is 0.504 e. The van der Waals surface area contributed by atoms with Crippen LogP contribution in [0.4, 0.5) is 10.2 Å². The van der Waals surface area contributed by atoms with E-state index in [4.69, 9.17) is 0 Å². The Kier molecular flexibility index (Phi) is 3.11. The number of halogens is 1. The van der Waals surface area contributed by atoms with E-state index >= 15 is 0 Å². The molecule has 2 aromatic rings. The van der Waals surface area contributed by atoms with Crippen molar-refractivity contribution in [1.82, 2.24) is 9.97 Å². The normalized spacial score (nSPS) is 11.2. The van der Waals surface area contributed by atoms with E-state index < -0.39 is 15.8 Å². The third-order valence-electron chi connectivity index (χ3n) is 2.01. The predicted octanol–water partition coefficient (Wildman–Crippen LogP) is 1.12. The average molecular weight is 269 g/mol. The van der Waals surface area contributed by atoms with E-state index in [-0.39, 0.29) is 16.5 Å². The van der Waals surface area contributed by atoms with Crippen LogP contribution in [0, 0.1) is 5.82 Å². The van der Waals surface area contributed by atoms with Gasteiger partial charge in [-0.3, -0.25) is 9.71 Å². The fraction of sp³-hybridized carbons (Fsp3) is 0. The summed E-state index contributed by atoms with van der Waals surface area (Å²) in [7, 11) is -4.03. The first-order chi connectivity index (χ1) is 8.49. The van der Waals surface area contributed by atoms with Crippen LogP contribution in [0.15, 0.2) is 41.7 Å². The summed E-state index contributed by atoms with van der Waals surface area (Å²) in [6.07, 6.45) is 3.18. The minimum Gasteiger partial charge on any atom is -0.504 e. The van der Waals surface area contributed by atoms with Crippen molar-refractivity contribution in [2.45, 2.75) is 4.90 Å². The SMILES string of the molecule is O=S(=O)(Nc1ncccc1O)c1cncc(F)c1. The Labute approximate surface area is 102 Å². The highest BCUT2D eigenvalue weighted by Crippen LogP contribution is 2.22. The molecule has 0 unspecified atom stereocenters. The van der Waals surface area contributed by atoms with Crippen LogP contribution < -0.4 is 4.72 Å². The number of anilines is 1. The third kappa shape index (κ3) is 2.54. The van der Waals surface area contributed by atoms with Crippen LogP contribution in [0.3, 0.4) is 0 Å². The number of sulfonamides is 1. The first kappa shape index (κ1) is 12.2. The van der Waals surface area contributed by atoms with E-state index in [0.717, 1.165) is 18.5 Å². The van der Waals surface area contributed by atoms with Crippen LogP contribution in [-0.2, 0) is 10.0 Å². The van der Waals surface area contributed by atoms with Crippen molar-refractivity contribution in [2.75, 3.05) is 4.72 Å². The Bertz CT molecular complexity index is 676. The molecule has 0 saturated carbocycles. The summed E-state index contributed by atoms with van der Waals surface area (Å²) in [5.74, 6) is -1.34. The van der Waals surface area contributed by atoms with Crippen molar-refractivity contribution in [3.8, 4) is 5.75 Å². The van der Waals surface area contributed by atoms with Crippen LogP contribution in [0.5, 0.6) is 5.75 Å². The Balaban J connectivity index is 2.37. The highest BCUT2D eigenvalue weighted by molar-refractivity contribution is 7.92. The molecule has 2 aromatic heterocycles. The Morgan fingerprint density at radius 2 is 2.11 bits per heavy atom. The number of nitrogens with one attached hydrogen (secondary N) is 1. The number of aromatic hydroxyl groups is 1. The Hall–Kier alpha value is -2.22. The van der Waals surface area contributed by atoms with E-state index in [1.807, 2.05) is 4.72 Å². The first-order valence-corrected chi connectivity index (χ1v) is 6.25. The van der Waals surface area contributed by atoms with Gasteiger partial charge in [0.2, 0.25) is 0 Å². The predicted molar refractivity (Wildman–Crippen MR) is 60.9 cm³/mol. The molecule has 0 radical (unpaired) electrons. The summed E-state index contributed by atoms with van der Waals surface area (Å²) >= 11 is 0. The summed E-state index contributed by atoms with van der Waals surface area (Å²) in [5, 5.41) is 9.40. The lowest BCUT2D eigenvalue weighted by molar-refractivity contribution is 0.475. The van der Waals surface area contributed by atoms with Crippen LogP contribution >= 0.6 is 0 Å². The molecule has 6 nitrogen and oxygen atoms in total. The van der Waals surface area contributed by atoms with Crippen molar-refractivity contribution < 1.29 is 17.9 Å². The van der Waals surface area contributed by atoms with Gasteiger partial charge in [-0.25, -0.2) is 17.8 Å². The molecular formula is C10H8FN3O3S. The number of pyridine rings is 2. The number of nitrogens with zero attached hydrogens (tertiary/aromatic N) is 2. The number of hydrogen-bond donors (Lipinski definition) is 2. The van der Waals surface area contributed by atoms with E-state index in [1.165, 1.54) is 18.3 Å². The Morgan fingerprint density at radius 1 is 1.33 bits per heavy atom. The highest BCUT2D eigenvalue weighted by atomic mass is 32.2. The van der Waals surface area contributed by atoms with Crippen molar-refractivity contribution in [3.63, 3.8) is 0 Å². The molecule has 0 saturated heterocycles. The summed E-state index contributed by atoms with van der Waals surface area (Å²) in [4.78, 5) is 6.74. The number of aromatic nitrogens is 2. The molecule has 0 aliphatic heterocycles. The lowest BCUT2D eigenvalue weighted by Gasteiger charge is -2.07. The number of hydrogen-bond acceptors (Lipinski definition) is 5. The second kappa shape index (κ2) is 4.57. The molecule has 2 rings (SSSR count). The maximum atomic E-state index is 12.9. The molecule has 8 heteroatoms. The van der Waals surface area contributed by atoms with Crippen molar-refractivity contribution >= 4 is 15.8 Å². The number of rotatable bonds is 3. The highest BCUT2D eigenvalue weighted by Gasteiger charge is 2.17. The van der Waals surface area contributed by atoms with Crippen LogP contribution in [0.1, 0.15) is 0 Å². The standard InChI is InChI=1S/C10H8FN3O3S/c11-7-4-8(6-12-5-7)18(16,17)14-10-9(15)2-1-3-13-10/h1-6,15H,(H,13,14). The van der Waals surface area contributed by atoms with Crippen molar-refractivity contribution in [2.24, 2.45) is 0 Å². The van der Waals surface area contributed by atoms with Gasteiger partial charge in [0.25, 0.3) is 10.0 Å². The van der Waals surface area contributed by atoms with Crippen LogP contribution in [-0.4, -0.2) is 23.5 Å². The van der Waals surface area contributed by atoms with Gasteiger partial charge in [0.1, 0.15) is 10.7 Å². The minimum absolute atomic E-state index is 0.234. The van der Waals surface area contributed by atoms with Crippen LogP contribution in [0.2, 0.25) is 0 Å². The maximum Gasteiger partial charge on any atom is 0.264 e. The molecule has 0 aliphatic carbocycles. The van der Waals surface area contributed by atoms with E-state index in [1.54, 1.807) is 0 Å². The second-order valence-electron chi connectivity index (χ2n) is 3.32. The van der Waals surface area contributed by atoms with E-state index in [2.05, 4.69) is 9.97 Å². The topological polar surface area (TPSA) is 92.2 Å². The van der Waals surface area contributed by atoms with Gasteiger partial charge in [-0.2, -0.15) is 0 Å². The van der Waals surface area contributed by atoms with Crippen molar-refractivity contribution in [3.05, 3.63) is 42.6 Å². The molecule has 2 heterocycles. The maximum absolute atomic E-state index is 12.9. The van der Waals surface area contributed by atoms with Gasteiger partial charge in [-0.05, 0) is 18.2 Å². The summed E-state index contributed by atoms with van der Waals surface area (Å²) in [6, 6.07) is 3.53. The zero-order valence-electron chi connectivity index (χ0n) is 8.91. The molecule has 18 heavy (non-hydrogen) atoms. The monoisotopic (exact) mass is 269 g/mol. The molecule has 94 valence electrons. The van der Waals surface area contributed by atoms with E-state index in [0.29, 0.717) is 0 Å². The molecule has 0 fully saturated rings. The molecule has 2 N–H and O–H groups in total. The third-order valence-corrected chi connectivity index (χ3v) is 3.31. The van der Waals surface area contributed by atoms with Gasteiger partial charge in [0.05, 0.1) is 6.20 Å². The lowest BCUT2D eigenvalue weighted by atomic mass is 10.4. The van der Waals surface area contributed by atoms with Gasteiger partial charge in [0, 0.05) is 12.4 Å². The zero-order chi connectivity index (χ0) is 13.2. The smallest absolute Gasteiger partial charge is 0.264 e. The van der Waals surface area contributed by atoms with E-state index in [9.17, 15) is 17.9 Å². The molecular weight excluding hydrogens is 261 g/mol. The molecule has 0 amide bonds. The van der Waals surface area contributed by atoms with Gasteiger partial charge >= 0.3 is 0 Å². The zero-order valence-corrected chi connectivity index (χ0v) is 9.72. The summed E-state index contributed by atoms with van der Waals surface area (Å²) in [5.41, 5.74) is 0. The van der Waals surface area contributed by atoms with Gasteiger partial charge < -0.3 is 5.11 Å². The fourth-order valence-corrected chi connectivity index (χ4v) is 2.20. The molecule has 0 bridgehead atoms. The van der Waals surface area contributed by atoms with Gasteiger partial charge in [-0.1, -0.05) is 0 Å². The summed E-state index contributed by atoms with van der Waals surface area (Å²) in [6.45, 7) is 0. The quantitative estimate of drug-likeness (QED) is 0.871. The minimum atomic E-state index is -4.03. The fourth-order valence-electron chi connectivity index (χ4n) is 1.20. The average Bonchev–Trinajstić information content (AvgIpc) is 2.32. The molecule has 0 spiro atoms. The summed E-state index contributed by atoms with van der Waals surface area (Å²) < 4.78 is 38.6. The first-order valence-electron chi connectivity index (χ1n) is 4.76. The Morgan fingerprint density at radius 3 is 2.78 bits per heavy atom. The van der Waals surface area contributed by atoms with Gasteiger partial charge in [-0.15, -0.1) is 0 Å². The molecule has 0 aliphatic rings. The van der Waals surface area contributed by atoms with Gasteiger partial charge in [0.15, 0.2) is 11.6 Å².